The normalized spacial score (nSPS) is 11.3. The Morgan fingerprint density at radius 3 is 2.33 bits per heavy atom. The molecule has 0 amide bonds. The molecule has 0 N–H and O–H groups in total. The van der Waals surface area contributed by atoms with Gasteiger partial charge in [0.2, 0.25) is 0 Å². The summed E-state index contributed by atoms with van der Waals surface area (Å²) >= 11 is 11.9. The number of carbonyl (C=O) groups is 1. The largest absolute Gasteiger partial charge is 0.466 e. The molecule has 7 heteroatoms. The number of unbranched alkanes of at least 4 members (excludes halogenated alkanes) is 7. The number of aryl methyl sites for hydroxylation is 2. The van der Waals surface area contributed by atoms with Crippen molar-refractivity contribution in [3.8, 4) is 0 Å². The highest BCUT2D eigenvalue weighted by Gasteiger charge is 2.12. The van der Waals surface area contributed by atoms with Crippen LogP contribution in [-0.4, -0.2) is 47.0 Å². The molecule has 0 aliphatic heterocycles. The lowest BCUT2D eigenvalue weighted by molar-refractivity contribution is -0.143. The van der Waals surface area contributed by atoms with E-state index in [0.717, 1.165) is 61.3 Å². The SMILES string of the molecule is CCCCCCCCCCOC(=O)CCCc1nc2cc(N(CCCl)CCCl)ccc2n1C. The van der Waals surface area contributed by atoms with Crippen molar-refractivity contribution < 1.29 is 9.53 Å². The van der Waals surface area contributed by atoms with E-state index in [-0.39, 0.29) is 5.97 Å². The van der Waals surface area contributed by atoms with E-state index in [9.17, 15) is 4.79 Å². The van der Waals surface area contributed by atoms with E-state index >= 15 is 0 Å². The topological polar surface area (TPSA) is 47.4 Å². The summed E-state index contributed by atoms with van der Waals surface area (Å²) in [5, 5.41) is 0. The van der Waals surface area contributed by atoms with Gasteiger partial charge >= 0.3 is 5.97 Å². The first kappa shape index (κ1) is 27.8. The molecule has 0 unspecified atom stereocenters. The second-order valence-corrected chi connectivity index (χ2v) is 9.43. The van der Waals surface area contributed by atoms with Crippen molar-refractivity contribution in [2.75, 3.05) is 36.4 Å². The van der Waals surface area contributed by atoms with Gasteiger partial charge in [-0.05, 0) is 31.0 Å². The highest BCUT2D eigenvalue weighted by molar-refractivity contribution is 6.18. The molecule has 33 heavy (non-hydrogen) atoms. The molecular formula is C26H41Cl2N3O2. The number of aromatic nitrogens is 2. The molecule has 1 heterocycles. The predicted molar refractivity (Wildman–Crippen MR) is 141 cm³/mol. The number of alkyl halides is 2. The Morgan fingerprint density at radius 2 is 1.67 bits per heavy atom. The molecule has 0 spiro atoms. The minimum absolute atomic E-state index is 0.100. The molecule has 2 rings (SSSR count). The van der Waals surface area contributed by atoms with Gasteiger partial charge in [0.05, 0.1) is 17.6 Å². The van der Waals surface area contributed by atoms with Crippen LogP contribution in [0.1, 0.15) is 77.0 Å². The summed E-state index contributed by atoms with van der Waals surface area (Å²) in [5.74, 6) is 1.99. The first-order valence-corrected chi connectivity index (χ1v) is 13.7. The van der Waals surface area contributed by atoms with Gasteiger partial charge in [-0.25, -0.2) is 4.98 Å². The van der Waals surface area contributed by atoms with Crippen molar-refractivity contribution >= 4 is 45.9 Å². The molecule has 0 atom stereocenters. The Hall–Kier alpha value is -1.46. The Bertz CT molecular complexity index is 819. The molecule has 1 aromatic heterocycles. The summed E-state index contributed by atoms with van der Waals surface area (Å²) in [6.07, 6.45) is 11.9. The van der Waals surface area contributed by atoms with Gasteiger partial charge in [-0.2, -0.15) is 0 Å². The zero-order valence-electron chi connectivity index (χ0n) is 20.5. The van der Waals surface area contributed by atoms with Crippen molar-refractivity contribution in [2.24, 2.45) is 7.05 Å². The Labute approximate surface area is 209 Å². The summed E-state index contributed by atoms with van der Waals surface area (Å²) in [6, 6.07) is 6.28. The van der Waals surface area contributed by atoms with Gasteiger partial charge in [0.1, 0.15) is 5.82 Å². The van der Waals surface area contributed by atoms with E-state index in [2.05, 4.69) is 34.6 Å². The smallest absolute Gasteiger partial charge is 0.305 e. The molecule has 0 fully saturated rings. The number of nitrogens with zero attached hydrogens (tertiary/aromatic N) is 3. The maximum atomic E-state index is 12.1. The third kappa shape index (κ3) is 9.74. The molecule has 0 saturated carbocycles. The van der Waals surface area contributed by atoms with Crippen LogP contribution in [0.3, 0.4) is 0 Å². The van der Waals surface area contributed by atoms with Crippen LogP contribution >= 0.6 is 23.2 Å². The highest BCUT2D eigenvalue weighted by Crippen LogP contribution is 2.23. The monoisotopic (exact) mass is 497 g/mol. The van der Waals surface area contributed by atoms with Gasteiger partial charge in [-0.1, -0.05) is 51.9 Å². The first-order valence-electron chi connectivity index (χ1n) is 12.6. The van der Waals surface area contributed by atoms with Crippen molar-refractivity contribution in [2.45, 2.75) is 77.6 Å². The second-order valence-electron chi connectivity index (χ2n) is 8.67. The van der Waals surface area contributed by atoms with E-state index in [1.54, 1.807) is 0 Å². The molecule has 1 aromatic carbocycles. The van der Waals surface area contributed by atoms with Gasteiger partial charge in [-0.15, -0.1) is 23.2 Å². The minimum Gasteiger partial charge on any atom is -0.466 e. The van der Waals surface area contributed by atoms with Crippen molar-refractivity contribution in [1.29, 1.82) is 0 Å². The van der Waals surface area contributed by atoms with E-state index in [1.165, 1.54) is 38.5 Å². The molecule has 0 aliphatic carbocycles. The van der Waals surface area contributed by atoms with Crippen LogP contribution in [0.2, 0.25) is 0 Å². The number of halogens is 2. The number of imidazole rings is 1. The molecule has 186 valence electrons. The summed E-state index contributed by atoms with van der Waals surface area (Å²) < 4.78 is 7.52. The molecule has 0 radical (unpaired) electrons. The predicted octanol–water partition coefficient (Wildman–Crippen LogP) is 6.86. The van der Waals surface area contributed by atoms with Gasteiger partial charge in [-0.3, -0.25) is 4.79 Å². The van der Waals surface area contributed by atoms with Crippen molar-refractivity contribution in [3.05, 3.63) is 24.0 Å². The summed E-state index contributed by atoms with van der Waals surface area (Å²) in [5.41, 5.74) is 3.12. The van der Waals surface area contributed by atoms with Gasteiger partial charge in [0.15, 0.2) is 0 Å². The number of benzene rings is 1. The fraction of sp³-hybridized carbons (Fsp3) is 0.692. The zero-order chi connectivity index (χ0) is 23.9. The Kier molecular flexibility index (Phi) is 13.7. The lowest BCUT2D eigenvalue weighted by Crippen LogP contribution is -2.27. The van der Waals surface area contributed by atoms with Gasteiger partial charge in [0.25, 0.3) is 0 Å². The van der Waals surface area contributed by atoms with Gasteiger partial charge in [0, 0.05) is 50.4 Å². The lowest BCUT2D eigenvalue weighted by Gasteiger charge is -2.22. The maximum absolute atomic E-state index is 12.1. The first-order chi connectivity index (χ1) is 16.1. The van der Waals surface area contributed by atoms with Crippen LogP contribution in [0, 0.1) is 0 Å². The average molecular weight is 499 g/mol. The standard InChI is InChI=1S/C26H41Cl2N3O2/c1-3-4-5-6-7-8-9-10-20-33-26(32)13-11-12-25-29-23-21-22(14-15-24(23)30(25)2)31(18-16-27)19-17-28/h14-15,21H,3-13,16-20H2,1-2H3. The van der Waals surface area contributed by atoms with Crippen LogP contribution in [0.25, 0.3) is 11.0 Å². The number of ether oxygens (including phenoxy) is 1. The van der Waals surface area contributed by atoms with Crippen LogP contribution in [0.4, 0.5) is 5.69 Å². The van der Waals surface area contributed by atoms with Crippen LogP contribution in [0.15, 0.2) is 18.2 Å². The number of hydrogen-bond donors (Lipinski definition) is 0. The molecule has 2 aromatic rings. The number of rotatable bonds is 18. The highest BCUT2D eigenvalue weighted by atomic mass is 35.5. The third-order valence-electron chi connectivity index (χ3n) is 6.07. The van der Waals surface area contributed by atoms with Crippen LogP contribution < -0.4 is 4.90 Å². The van der Waals surface area contributed by atoms with E-state index < -0.39 is 0 Å². The van der Waals surface area contributed by atoms with E-state index in [1.807, 2.05) is 7.05 Å². The fourth-order valence-electron chi connectivity index (χ4n) is 4.12. The number of hydrogen-bond acceptors (Lipinski definition) is 4. The van der Waals surface area contributed by atoms with Crippen molar-refractivity contribution in [1.82, 2.24) is 9.55 Å². The molecule has 0 saturated heterocycles. The van der Waals surface area contributed by atoms with E-state index in [4.69, 9.17) is 32.9 Å². The van der Waals surface area contributed by atoms with Crippen LogP contribution in [-0.2, 0) is 23.0 Å². The average Bonchev–Trinajstić information content (AvgIpc) is 3.12. The number of fused-ring (bicyclic) bond motifs is 1. The Morgan fingerprint density at radius 1 is 1.00 bits per heavy atom. The summed E-state index contributed by atoms with van der Waals surface area (Å²) in [7, 11) is 2.03. The minimum atomic E-state index is -0.100. The Balaban J connectivity index is 1.72. The molecular weight excluding hydrogens is 457 g/mol. The maximum Gasteiger partial charge on any atom is 0.305 e. The number of anilines is 1. The number of carbonyl (C=O) groups excluding carboxylic acids is 1. The zero-order valence-corrected chi connectivity index (χ0v) is 22.0. The number of esters is 1. The summed E-state index contributed by atoms with van der Waals surface area (Å²) in [6.45, 7) is 4.29. The van der Waals surface area contributed by atoms with Crippen molar-refractivity contribution in [3.63, 3.8) is 0 Å². The quantitative estimate of drug-likeness (QED) is 0.128. The molecule has 5 nitrogen and oxygen atoms in total. The van der Waals surface area contributed by atoms with E-state index in [0.29, 0.717) is 24.8 Å². The second kappa shape index (κ2) is 16.2. The lowest BCUT2D eigenvalue weighted by atomic mass is 10.1. The van der Waals surface area contributed by atoms with Crippen LogP contribution in [0.5, 0.6) is 0 Å². The molecule has 0 aliphatic rings. The third-order valence-corrected chi connectivity index (χ3v) is 6.41. The molecule has 0 bridgehead atoms. The fourth-order valence-corrected chi connectivity index (χ4v) is 4.53. The summed E-state index contributed by atoms with van der Waals surface area (Å²) in [4.78, 5) is 19.1. The van der Waals surface area contributed by atoms with Gasteiger partial charge < -0.3 is 14.2 Å².